The largest absolute Gasteiger partial charge is 0.441 e. The molecule has 19 nitrogen and oxygen atoms in total. The lowest BCUT2D eigenvalue weighted by atomic mass is 10.0. The van der Waals surface area contributed by atoms with Gasteiger partial charge in [0.05, 0.1) is 18.3 Å². The quantitative estimate of drug-likeness (QED) is 0.0195. The monoisotopic (exact) mass is 1070 g/mol. The normalized spacial score (nSPS) is 14.4. The zero-order valence-electron chi connectivity index (χ0n) is 44.6. The fourth-order valence-corrected chi connectivity index (χ4v) is 9.04. The van der Waals surface area contributed by atoms with Crippen LogP contribution in [0.15, 0.2) is 103 Å². The van der Waals surface area contributed by atoms with E-state index in [-0.39, 0.29) is 67.4 Å². The number of ether oxygens (including phenoxy) is 1. The predicted octanol–water partition coefficient (Wildman–Crippen LogP) is 5.96. The minimum Gasteiger partial charge on any atom is -0.441 e. The molecule has 8 rings (SSSR count). The average Bonchev–Trinajstić information content (AvgIpc) is 4.28. The number of H-pyrrole nitrogens is 1. The van der Waals surface area contributed by atoms with E-state index in [9.17, 15) is 33.6 Å². The van der Waals surface area contributed by atoms with Gasteiger partial charge in [0, 0.05) is 117 Å². The third kappa shape index (κ3) is 15.8. The first-order chi connectivity index (χ1) is 37.1. The van der Waals surface area contributed by atoms with Gasteiger partial charge in [-0.25, -0.2) is 0 Å². The number of fused-ring (bicyclic) bond motifs is 4. The Morgan fingerprint density at radius 3 is 2.16 bits per heavy atom. The van der Waals surface area contributed by atoms with Gasteiger partial charge in [-0.15, -0.1) is 11.6 Å². The Balaban J connectivity index is 0.00000130. The number of alkyl halides is 1. The summed E-state index contributed by atoms with van der Waals surface area (Å²) in [5, 5.41) is 16.9. The highest BCUT2D eigenvalue weighted by molar-refractivity contribution is 6.15. The van der Waals surface area contributed by atoms with Crippen molar-refractivity contribution in [1.82, 2.24) is 35.6 Å². The van der Waals surface area contributed by atoms with Crippen LogP contribution in [0.5, 0.6) is 5.75 Å². The molecule has 0 radical (unpaired) electrons. The van der Waals surface area contributed by atoms with Crippen LogP contribution in [0, 0.1) is 5.92 Å². The number of anilines is 3. The number of hydrogen-bond acceptors (Lipinski definition) is 12. The molecule has 1 unspecified atom stereocenters. The van der Waals surface area contributed by atoms with Crippen LogP contribution >= 0.6 is 11.6 Å². The van der Waals surface area contributed by atoms with E-state index in [0.29, 0.717) is 60.2 Å². The molecule has 4 heterocycles. The van der Waals surface area contributed by atoms with Gasteiger partial charge in [0.1, 0.15) is 11.4 Å². The number of imide groups is 1. The van der Waals surface area contributed by atoms with E-state index in [4.69, 9.17) is 10.5 Å². The predicted molar refractivity (Wildman–Crippen MR) is 303 cm³/mol. The number of unbranched alkanes of at least 4 members (excludes halogenated alkanes) is 1. The average molecular weight is 1070 g/mol. The molecule has 0 saturated carbocycles. The molecule has 3 aliphatic heterocycles. The molecule has 77 heavy (non-hydrogen) atoms. The Bertz CT molecular complexity index is 2930. The maximum Gasteiger partial charge on any atom is 0.274 e. The summed E-state index contributed by atoms with van der Waals surface area (Å²) in [7, 11) is 2.10. The van der Waals surface area contributed by atoms with Gasteiger partial charge in [-0.3, -0.25) is 38.5 Å². The first kappa shape index (κ1) is 58.7. The second-order valence-corrected chi connectivity index (χ2v) is 19.1. The van der Waals surface area contributed by atoms with Crippen molar-refractivity contribution < 1.29 is 38.3 Å². The van der Waals surface area contributed by atoms with E-state index in [1.54, 1.807) is 47.4 Å². The van der Waals surface area contributed by atoms with Gasteiger partial charge in [-0.2, -0.15) is 0 Å². The molecule has 1 atom stereocenters. The van der Waals surface area contributed by atoms with E-state index < -0.39 is 11.9 Å². The summed E-state index contributed by atoms with van der Waals surface area (Å²) in [5.41, 5.74) is 9.49. The summed E-state index contributed by atoms with van der Waals surface area (Å²) >= 11 is 4.64. The smallest absolute Gasteiger partial charge is 0.274 e. The molecule has 8 N–H and O–H groups in total. The maximum atomic E-state index is 14.2. The Hall–Kier alpha value is -7.58. The number of amides is 7. The summed E-state index contributed by atoms with van der Waals surface area (Å²) in [4.78, 5) is 99.4. The van der Waals surface area contributed by atoms with Crippen molar-refractivity contribution in [3.05, 3.63) is 120 Å². The highest BCUT2D eigenvalue weighted by atomic mass is 35.5. The van der Waals surface area contributed by atoms with E-state index in [1.165, 1.54) is 31.4 Å². The first-order valence-electron chi connectivity index (χ1n) is 26.0. The van der Waals surface area contributed by atoms with Crippen LogP contribution in [0.2, 0.25) is 0 Å². The van der Waals surface area contributed by atoms with Crippen molar-refractivity contribution in [1.29, 1.82) is 0 Å². The van der Waals surface area contributed by atoms with Crippen molar-refractivity contribution >= 4 is 91.7 Å². The number of piperazine rings is 1. The number of carbonyl (C=O) groups excluding carboxylic acids is 7. The highest BCUT2D eigenvalue weighted by Crippen LogP contribution is 2.41. The molecule has 410 valence electrons. The van der Waals surface area contributed by atoms with Crippen LogP contribution in [0.4, 0.5) is 17.1 Å². The maximum absolute atomic E-state index is 14.2. The molecular weight excluding hydrogens is 1000 g/mol. The van der Waals surface area contributed by atoms with Gasteiger partial charge >= 0.3 is 0 Å². The molecule has 0 aliphatic carbocycles. The van der Waals surface area contributed by atoms with Crippen molar-refractivity contribution in [2.24, 2.45) is 11.7 Å². The van der Waals surface area contributed by atoms with Gasteiger partial charge in [0.15, 0.2) is 5.88 Å². The van der Waals surface area contributed by atoms with Crippen LogP contribution in [0.1, 0.15) is 72.9 Å². The molecule has 5 aromatic rings. The van der Waals surface area contributed by atoms with Crippen molar-refractivity contribution in [3.63, 3.8) is 0 Å². The number of benzene rings is 4. The molecule has 20 heteroatoms. The molecule has 1 fully saturated rings. The molecule has 7 amide bonds. The van der Waals surface area contributed by atoms with Gasteiger partial charge in [0.25, 0.3) is 23.6 Å². The second-order valence-electron chi connectivity index (χ2n) is 19.1. The number of aromatic nitrogens is 1. The van der Waals surface area contributed by atoms with Crippen LogP contribution in [-0.4, -0.2) is 146 Å². The van der Waals surface area contributed by atoms with Crippen LogP contribution in [-0.2, 0) is 30.4 Å². The van der Waals surface area contributed by atoms with Gasteiger partial charge in [-0.05, 0) is 105 Å². The number of nitrogens with one attached hydrogen (secondary N) is 6. The van der Waals surface area contributed by atoms with E-state index in [0.717, 1.165) is 70.5 Å². The Kier molecular flexibility index (Phi) is 21.7. The highest BCUT2D eigenvalue weighted by Gasteiger charge is 2.31. The summed E-state index contributed by atoms with van der Waals surface area (Å²) in [5.74, 6) is -1.30. The molecule has 0 spiro atoms. The molecule has 4 aromatic carbocycles. The molecule has 1 saturated heterocycles. The number of aromatic amines is 1. The zero-order valence-corrected chi connectivity index (χ0v) is 45.4. The number of halogens is 1. The van der Waals surface area contributed by atoms with Crippen molar-refractivity contribution in [3.8, 4) is 5.75 Å². The van der Waals surface area contributed by atoms with Crippen molar-refractivity contribution in [2.75, 3.05) is 94.4 Å². The fourth-order valence-electron chi connectivity index (χ4n) is 9.04. The molecule has 1 aromatic heterocycles. The SMILES string of the molecule is C=C(Oc1cc2c(c3ccccc13)CCN2C(=O)c1cc2cc(NC(=O)c3ccc(NC(=O)CNC(=O)C(NCCNC(=O)CCCN4C(=O)C=CC4=O)C(C)C)cc3)ccc2[nH]1)N1CCN(C)CC1.CCCCN.CCl. The minimum absolute atomic E-state index is 0.122. The van der Waals surface area contributed by atoms with Gasteiger partial charge < -0.3 is 56.7 Å². The second kappa shape index (κ2) is 28.5. The first-order valence-corrected chi connectivity index (χ1v) is 26.8. The topological polar surface area (TPSA) is 244 Å². The van der Waals surface area contributed by atoms with E-state index in [1.807, 2.05) is 44.2 Å². The Labute approximate surface area is 454 Å². The molecule has 3 aliphatic rings. The lowest BCUT2D eigenvalue weighted by molar-refractivity contribution is -0.137. The lowest BCUT2D eigenvalue weighted by Crippen LogP contribution is -2.50. The summed E-state index contributed by atoms with van der Waals surface area (Å²) in [6.07, 6.45) is 7.43. The molecular formula is C57H72ClN11O8. The summed E-state index contributed by atoms with van der Waals surface area (Å²) in [6, 6.07) is 22.9. The fraction of sp³-hybridized carbons (Fsp3) is 0.386. The minimum atomic E-state index is -0.631. The summed E-state index contributed by atoms with van der Waals surface area (Å²) in [6.45, 7) is 15.4. The van der Waals surface area contributed by atoms with E-state index in [2.05, 4.69) is 79.6 Å². The zero-order chi connectivity index (χ0) is 55.6. The lowest BCUT2D eigenvalue weighted by Gasteiger charge is -2.34. The number of carbonyl (C=O) groups is 7. The molecule has 0 bridgehead atoms. The standard InChI is InChI=1S/C52H58N10O8.C4H11N.CH3Cl/c1-32(2)49(54-21-20-53-45(63)10-7-22-62-47(65)17-18-48(62)66)51(68)55-31-46(64)56-36-13-11-34(12-14-36)50(67)57-37-15-16-41-35(28-37)29-42(58-41)52(69)61-23-19-39-38-8-5-6-9-40(38)44(30-43(39)61)70-33(3)60-26-24-59(4)25-27-60;1-2-3-4-5;1-2/h5-6,8-9,11-18,28-30,32,49,54,58H,3,7,10,19-27,31H2,1-2,4H3,(H,53,63)(H,55,68)(H,56,64)(H,57,67);2-5H2,1H3;1H3. The third-order valence-corrected chi connectivity index (χ3v) is 13.3. The van der Waals surface area contributed by atoms with Crippen LogP contribution in [0.3, 0.4) is 0 Å². The number of likely N-dealkylation sites (N-methyl/N-ethyl adjacent to an activating group) is 1. The Morgan fingerprint density at radius 1 is 0.805 bits per heavy atom. The van der Waals surface area contributed by atoms with Gasteiger partial charge in [-0.1, -0.05) is 51.5 Å². The third-order valence-electron chi connectivity index (χ3n) is 13.3. The van der Waals surface area contributed by atoms with Crippen LogP contribution in [0.25, 0.3) is 21.7 Å². The Morgan fingerprint density at radius 2 is 1.49 bits per heavy atom. The number of nitrogens with zero attached hydrogens (tertiary/aromatic N) is 4. The van der Waals surface area contributed by atoms with Crippen molar-refractivity contribution in [2.45, 2.75) is 58.9 Å². The van der Waals surface area contributed by atoms with Gasteiger partial charge in [0.2, 0.25) is 17.7 Å². The number of nitrogens with two attached hydrogens (primary N) is 1. The summed E-state index contributed by atoms with van der Waals surface area (Å²) < 4.78 is 6.45. The number of hydrogen-bond donors (Lipinski definition) is 7. The van der Waals surface area contributed by atoms with Crippen LogP contribution < -0.4 is 42.0 Å². The van der Waals surface area contributed by atoms with E-state index >= 15 is 0 Å². The number of rotatable bonds is 21.